The predicted octanol–water partition coefficient (Wildman–Crippen LogP) is 4.07. The van der Waals surface area contributed by atoms with Gasteiger partial charge in [0.15, 0.2) is 5.13 Å². The maximum atomic E-state index is 12.3. The molecule has 0 spiro atoms. The van der Waals surface area contributed by atoms with Crippen LogP contribution < -0.4 is 16.4 Å². The number of nitrogens with one attached hydrogen (secondary N) is 2. The Morgan fingerprint density at radius 2 is 2.10 bits per heavy atom. The van der Waals surface area contributed by atoms with Gasteiger partial charge >= 0.3 is 0 Å². The van der Waals surface area contributed by atoms with E-state index < -0.39 is 6.10 Å². The number of nitrogens with two attached hydrogens (primary N) is 1. The molecule has 5 N–H and O–H groups in total. The van der Waals surface area contributed by atoms with Crippen molar-refractivity contribution in [2.75, 3.05) is 11.1 Å². The van der Waals surface area contributed by atoms with Gasteiger partial charge in [0.25, 0.3) is 0 Å². The van der Waals surface area contributed by atoms with Gasteiger partial charge in [-0.05, 0) is 58.5 Å². The number of thiazole rings is 1. The Kier molecular flexibility index (Phi) is 7.02. The second kappa shape index (κ2) is 9.91. The molecule has 6 nitrogen and oxygen atoms in total. The van der Waals surface area contributed by atoms with Crippen molar-refractivity contribution in [1.82, 2.24) is 10.3 Å². The van der Waals surface area contributed by atoms with Gasteiger partial charge in [-0.3, -0.25) is 4.79 Å². The Morgan fingerprint density at radius 3 is 2.81 bits per heavy atom. The summed E-state index contributed by atoms with van der Waals surface area (Å²) in [5, 5.41) is 19.4. The molecule has 0 aliphatic carbocycles. The first kappa shape index (κ1) is 22.0. The predicted molar refractivity (Wildman–Crippen MR) is 128 cm³/mol. The lowest BCUT2D eigenvalue weighted by molar-refractivity contribution is -0.115. The van der Waals surface area contributed by atoms with Crippen LogP contribution in [0.25, 0.3) is 0 Å². The minimum Gasteiger partial charge on any atom is -0.387 e. The number of aliphatic hydroxyl groups excluding tert-OH is 1. The fraction of sp³-hybridized carbons (Fsp3) is 0.304. The minimum absolute atomic E-state index is 0.0640. The number of anilines is 2. The molecular formula is C23H25BrN4O2S. The Bertz CT molecular complexity index is 1040. The molecule has 31 heavy (non-hydrogen) atoms. The molecule has 1 fully saturated rings. The van der Waals surface area contributed by atoms with E-state index in [0.717, 1.165) is 35.0 Å². The van der Waals surface area contributed by atoms with Crippen LogP contribution in [0.5, 0.6) is 0 Å². The number of hydrogen-bond donors (Lipinski definition) is 4. The van der Waals surface area contributed by atoms with E-state index in [9.17, 15) is 9.90 Å². The highest BCUT2D eigenvalue weighted by molar-refractivity contribution is 9.10. The third-order valence-electron chi connectivity index (χ3n) is 5.50. The van der Waals surface area contributed by atoms with Gasteiger partial charge in [0, 0.05) is 21.9 Å². The van der Waals surface area contributed by atoms with Crippen LogP contribution in [0.2, 0.25) is 0 Å². The first-order valence-electron chi connectivity index (χ1n) is 10.2. The van der Waals surface area contributed by atoms with E-state index in [4.69, 9.17) is 5.73 Å². The van der Waals surface area contributed by atoms with Crippen LogP contribution in [0.3, 0.4) is 0 Å². The van der Waals surface area contributed by atoms with Gasteiger partial charge in [0.05, 0.1) is 23.9 Å². The molecule has 2 aromatic carbocycles. The van der Waals surface area contributed by atoms with Crippen LogP contribution in [-0.4, -0.2) is 28.1 Å². The average Bonchev–Trinajstić information content (AvgIpc) is 3.39. The lowest BCUT2D eigenvalue weighted by Crippen LogP contribution is -2.35. The third-order valence-corrected chi connectivity index (χ3v) is 6.88. The van der Waals surface area contributed by atoms with E-state index in [1.54, 1.807) is 5.38 Å². The zero-order valence-electron chi connectivity index (χ0n) is 16.9. The summed E-state index contributed by atoms with van der Waals surface area (Å²) in [6, 6.07) is 16.2. The van der Waals surface area contributed by atoms with Crippen molar-refractivity contribution in [3.8, 4) is 0 Å². The first-order chi connectivity index (χ1) is 15.0. The summed E-state index contributed by atoms with van der Waals surface area (Å²) in [4.78, 5) is 16.4. The van der Waals surface area contributed by atoms with Crippen LogP contribution in [0.4, 0.5) is 10.8 Å². The van der Waals surface area contributed by atoms with Crippen molar-refractivity contribution < 1.29 is 9.90 Å². The summed E-state index contributed by atoms with van der Waals surface area (Å²) in [5.74, 6) is -0.131. The molecule has 0 bridgehead atoms. The number of hydrogen-bond acceptors (Lipinski definition) is 6. The quantitative estimate of drug-likeness (QED) is 0.391. The Labute approximate surface area is 194 Å². The van der Waals surface area contributed by atoms with Gasteiger partial charge in [-0.2, -0.15) is 0 Å². The molecule has 1 amide bonds. The minimum atomic E-state index is -0.497. The van der Waals surface area contributed by atoms with Gasteiger partial charge in [-0.1, -0.05) is 36.4 Å². The topological polar surface area (TPSA) is 100 Å². The fourth-order valence-electron chi connectivity index (χ4n) is 3.98. The molecule has 1 saturated heterocycles. The summed E-state index contributed by atoms with van der Waals surface area (Å²) in [7, 11) is 0. The normalized spacial score (nSPS) is 19.3. The number of amides is 1. The van der Waals surface area contributed by atoms with Gasteiger partial charge < -0.3 is 21.5 Å². The maximum absolute atomic E-state index is 12.3. The molecule has 3 atom stereocenters. The largest absolute Gasteiger partial charge is 0.387 e. The van der Waals surface area contributed by atoms with Crippen LogP contribution in [0.1, 0.15) is 35.8 Å². The van der Waals surface area contributed by atoms with Crippen molar-refractivity contribution in [1.29, 1.82) is 0 Å². The van der Waals surface area contributed by atoms with Crippen molar-refractivity contribution in [3.05, 3.63) is 75.2 Å². The van der Waals surface area contributed by atoms with Crippen molar-refractivity contribution in [2.24, 2.45) is 0 Å². The highest BCUT2D eigenvalue weighted by Gasteiger charge is 2.29. The Hall–Kier alpha value is -2.26. The molecule has 0 saturated carbocycles. The number of carbonyl (C=O) groups excluding carboxylic acids is 1. The second-order valence-corrected chi connectivity index (χ2v) is 9.57. The Morgan fingerprint density at radius 1 is 1.29 bits per heavy atom. The molecule has 3 aromatic rings. The van der Waals surface area contributed by atoms with E-state index in [0.29, 0.717) is 16.9 Å². The fourth-order valence-corrected chi connectivity index (χ4v) is 5.06. The van der Waals surface area contributed by atoms with Gasteiger partial charge in [0.1, 0.15) is 0 Å². The average molecular weight is 501 g/mol. The standard InChI is InChI=1S/C23H25BrN4O2S/c24-18-11-14(6-8-19(18)28-21(29)12-17-13-31-23(25)27-17)10-16-7-9-20(26-16)22(30)15-4-2-1-3-5-15/h1-6,8,11,13,16,20,22,26,30H,7,9-10,12H2,(H2,25,27)(H,28,29)/t16-,20-,22?/m1/s1. The molecule has 8 heteroatoms. The number of nitrogens with zero attached hydrogens (tertiary/aromatic N) is 1. The summed E-state index contributed by atoms with van der Waals surface area (Å²) in [6.07, 6.45) is 2.52. The van der Waals surface area contributed by atoms with Crippen LogP contribution >= 0.6 is 27.3 Å². The number of nitrogen functional groups attached to an aromatic ring is 1. The third kappa shape index (κ3) is 5.71. The summed E-state index contributed by atoms with van der Waals surface area (Å²) in [6.45, 7) is 0. The van der Waals surface area contributed by atoms with Crippen LogP contribution in [-0.2, 0) is 17.6 Å². The van der Waals surface area contributed by atoms with Crippen LogP contribution in [0.15, 0.2) is 58.4 Å². The highest BCUT2D eigenvalue weighted by Crippen LogP contribution is 2.29. The number of benzene rings is 2. The molecule has 4 rings (SSSR count). The Balaban J connectivity index is 1.31. The van der Waals surface area contributed by atoms with E-state index in [-0.39, 0.29) is 18.4 Å². The lowest BCUT2D eigenvalue weighted by atomic mass is 10.0. The van der Waals surface area contributed by atoms with Crippen molar-refractivity contribution >= 4 is 44.0 Å². The molecule has 0 radical (unpaired) electrons. The molecule has 162 valence electrons. The zero-order valence-corrected chi connectivity index (χ0v) is 19.3. The molecule has 1 aliphatic rings. The molecule has 1 aliphatic heterocycles. The number of aromatic nitrogens is 1. The summed E-state index contributed by atoms with van der Waals surface area (Å²) >= 11 is 4.90. The molecule has 1 unspecified atom stereocenters. The van der Waals surface area contributed by atoms with Crippen molar-refractivity contribution in [3.63, 3.8) is 0 Å². The van der Waals surface area contributed by atoms with Crippen molar-refractivity contribution in [2.45, 2.75) is 43.9 Å². The number of carbonyl (C=O) groups is 1. The summed E-state index contributed by atoms with van der Waals surface area (Å²) < 4.78 is 0.843. The molecule has 2 heterocycles. The smallest absolute Gasteiger partial charge is 0.230 e. The van der Waals surface area contributed by atoms with Crippen LogP contribution in [0, 0.1) is 0 Å². The molecular weight excluding hydrogens is 476 g/mol. The highest BCUT2D eigenvalue weighted by atomic mass is 79.9. The number of aliphatic hydroxyl groups is 1. The van der Waals surface area contributed by atoms with Gasteiger partial charge in [-0.15, -0.1) is 11.3 Å². The number of rotatable bonds is 7. The van der Waals surface area contributed by atoms with E-state index in [1.165, 1.54) is 16.9 Å². The zero-order chi connectivity index (χ0) is 21.8. The summed E-state index contributed by atoms with van der Waals surface area (Å²) in [5.41, 5.74) is 9.14. The lowest BCUT2D eigenvalue weighted by Gasteiger charge is -2.20. The van der Waals surface area contributed by atoms with Gasteiger partial charge in [-0.25, -0.2) is 4.98 Å². The number of halogens is 1. The first-order valence-corrected chi connectivity index (χ1v) is 11.9. The SMILES string of the molecule is Nc1nc(CC(=O)Nc2ccc(C[C@H]3CC[C@H](C(O)c4ccccc4)N3)cc2Br)cs1. The second-order valence-electron chi connectivity index (χ2n) is 7.82. The van der Waals surface area contributed by atoms with Gasteiger partial charge in [0.2, 0.25) is 5.91 Å². The molecule has 1 aromatic heterocycles. The van der Waals surface area contributed by atoms with E-state index in [2.05, 4.69) is 31.5 Å². The maximum Gasteiger partial charge on any atom is 0.230 e. The monoisotopic (exact) mass is 500 g/mol. The van der Waals surface area contributed by atoms with E-state index >= 15 is 0 Å². The van der Waals surface area contributed by atoms with E-state index in [1.807, 2.05) is 48.5 Å².